The molecule has 1 aromatic rings. The first-order valence-electron chi connectivity index (χ1n) is 8.03. The highest BCUT2D eigenvalue weighted by atomic mass is 79.9. The predicted octanol–water partition coefficient (Wildman–Crippen LogP) is 4.33. The number of hydrogen-bond acceptors (Lipinski definition) is 2. The fraction of sp³-hybridized carbons (Fsp3) is 0.647. The normalized spacial score (nSPS) is 22.5. The fourth-order valence-electron chi connectivity index (χ4n) is 3.16. The average Bonchev–Trinajstić information content (AvgIpc) is 3.16. The van der Waals surface area contributed by atoms with E-state index in [2.05, 4.69) is 51.3 Å². The van der Waals surface area contributed by atoms with E-state index >= 15 is 0 Å². The second-order valence-electron chi connectivity index (χ2n) is 6.33. The minimum absolute atomic E-state index is 0.779. The van der Waals surface area contributed by atoms with Gasteiger partial charge in [-0.25, -0.2) is 0 Å². The van der Waals surface area contributed by atoms with Crippen LogP contribution in [0.25, 0.3) is 0 Å². The Morgan fingerprint density at radius 1 is 1.30 bits per heavy atom. The number of nitrogens with zero attached hydrogens (tertiary/aromatic N) is 1. The van der Waals surface area contributed by atoms with E-state index in [1.807, 2.05) is 0 Å². The molecule has 0 bridgehead atoms. The molecule has 2 nitrogen and oxygen atoms in total. The summed E-state index contributed by atoms with van der Waals surface area (Å²) in [5.41, 5.74) is 2.76. The molecule has 1 saturated heterocycles. The number of benzene rings is 1. The molecule has 3 rings (SSSR count). The van der Waals surface area contributed by atoms with Crippen LogP contribution in [0.2, 0.25) is 0 Å². The van der Waals surface area contributed by atoms with Gasteiger partial charge in [0.25, 0.3) is 0 Å². The minimum atomic E-state index is 0.779. The van der Waals surface area contributed by atoms with Gasteiger partial charge in [0.05, 0.1) is 5.69 Å². The van der Waals surface area contributed by atoms with E-state index in [9.17, 15) is 0 Å². The Bertz CT molecular complexity index is 456. The molecule has 1 saturated carbocycles. The molecule has 2 aliphatic rings. The molecule has 1 aliphatic heterocycles. The summed E-state index contributed by atoms with van der Waals surface area (Å²) in [4.78, 5) is 2.54. The minimum Gasteiger partial charge on any atom is -0.370 e. The zero-order chi connectivity index (χ0) is 13.9. The number of rotatable bonds is 6. The Morgan fingerprint density at radius 3 is 2.85 bits per heavy atom. The molecule has 0 radical (unpaired) electrons. The Labute approximate surface area is 131 Å². The zero-order valence-corrected chi connectivity index (χ0v) is 14.0. The molecule has 0 aromatic heterocycles. The van der Waals surface area contributed by atoms with Crippen molar-refractivity contribution in [3.8, 4) is 0 Å². The van der Waals surface area contributed by atoms with Crippen LogP contribution in [0.3, 0.4) is 0 Å². The summed E-state index contributed by atoms with van der Waals surface area (Å²) >= 11 is 3.77. The molecule has 20 heavy (non-hydrogen) atoms. The monoisotopic (exact) mass is 336 g/mol. The summed E-state index contributed by atoms with van der Waals surface area (Å²) < 4.78 is 1.25. The number of anilines is 1. The van der Waals surface area contributed by atoms with Gasteiger partial charge in [0.1, 0.15) is 0 Å². The molecular weight excluding hydrogens is 312 g/mol. The number of hydrogen-bond donors (Lipinski definition) is 1. The van der Waals surface area contributed by atoms with Crippen LogP contribution in [0.1, 0.15) is 44.6 Å². The van der Waals surface area contributed by atoms with Crippen molar-refractivity contribution >= 4 is 21.6 Å². The van der Waals surface area contributed by atoms with Crippen molar-refractivity contribution in [3.63, 3.8) is 0 Å². The molecule has 1 unspecified atom stereocenters. The van der Waals surface area contributed by atoms with E-state index in [4.69, 9.17) is 0 Å². The highest BCUT2D eigenvalue weighted by Gasteiger charge is 2.23. The Kier molecular flexibility index (Phi) is 4.67. The van der Waals surface area contributed by atoms with Crippen LogP contribution < -0.4 is 10.2 Å². The Balaban J connectivity index is 1.61. The maximum absolute atomic E-state index is 3.77. The van der Waals surface area contributed by atoms with Crippen LogP contribution in [0, 0.1) is 5.92 Å². The van der Waals surface area contributed by atoms with Crippen LogP contribution in [-0.2, 0) is 6.54 Å². The van der Waals surface area contributed by atoms with E-state index in [1.165, 1.54) is 60.9 Å². The summed E-state index contributed by atoms with van der Waals surface area (Å²) in [6.07, 6.45) is 6.74. The van der Waals surface area contributed by atoms with Gasteiger partial charge in [0.15, 0.2) is 0 Å². The SMILES string of the molecule is CCCC1CCN(c2ccc(CNC3CC3)cc2Br)C1. The highest BCUT2D eigenvalue weighted by molar-refractivity contribution is 9.10. The second-order valence-corrected chi connectivity index (χ2v) is 7.18. The fourth-order valence-corrected chi connectivity index (χ4v) is 3.84. The van der Waals surface area contributed by atoms with Gasteiger partial charge >= 0.3 is 0 Å². The summed E-state index contributed by atoms with van der Waals surface area (Å²) in [5, 5.41) is 3.58. The quantitative estimate of drug-likeness (QED) is 0.831. The van der Waals surface area contributed by atoms with Gasteiger partial charge < -0.3 is 10.2 Å². The van der Waals surface area contributed by atoms with Gasteiger partial charge in [0.2, 0.25) is 0 Å². The zero-order valence-electron chi connectivity index (χ0n) is 12.4. The van der Waals surface area contributed by atoms with Crippen molar-refractivity contribution in [1.82, 2.24) is 5.32 Å². The Morgan fingerprint density at radius 2 is 2.15 bits per heavy atom. The summed E-state index contributed by atoms with van der Waals surface area (Å²) in [7, 11) is 0. The standard InChI is InChI=1S/C17H25BrN2/c1-2-3-13-8-9-20(12-13)17-7-4-14(10-16(17)18)11-19-15-5-6-15/h4,7,10,13,15,19H,2-3,5-6,8-9,11-12H2,1H3. The molecule has 110 valence electrons. The highest BCUT2D eigenvalue weighted by Crippen LogP contribution is 2.33. The van der Waals surface area contributed by atoms with Crippen molar-refractivity contribution in [3.05, 3.63) is 28.2 Å². The lowest BCUT2D eigenvalue weighted by atomic mass is 10.0. The maximum Gasteiger partial charge on any atom is 0.0510 e. The lowest BCUT2D eigenvalue weighted by Crippen LogP contribution is -2.20. The van der Waals surface area contributed by atoms with Crippen LogP contribution in [-0.4, -0.2) is 19.1 Å². The maximum atomic E-state index is 3.77. The first-order valence-corrected chi connectivity index (χ1v) is 8.82. The van der Waals surface area contributed by atoms with Gasteiger partial charge in [-0.1, -0.05) is 19.4 Å². The topological polar surface area (TPSA) is 15.3 Å². The van der Waals surface area contributed by atoms with Gasteiger partial charge in [-0.3, -0.25) is 0 Å². The molecule has 2 fully saturated rings. The van der Waals surface area contributed by atoms with Gasteiger partial charge in [-0.05, 0) is 65.2 Å². The molecule has 1 aliphatic carbocycles. The van der Waals surface area contributed by atoms with E-state index in [-0.39, 0.29) is 0 Å². The van der Waals surface area contributed by atoms with Crippen molar-refractivity contribution in [2.45, 2.75) is 51.6 Å². The lowest BCUT2D eigenvalue weighted by molar-refractivity contribution is 0.530. The molecule has 0 spiro atoms. The van der Waals surface area contributed by atoms with Crippen LogP contribution >= 0.6 is 15.9 Å². The third-order valence-corrected chi connectivity index (χ3v) is 5.14. The van der Waals surface area contributed by atoms with Gasteiger partial charge in [0, 0.05) is 30.1 Å². The van der Waals surface area contributed by atoms with Crippen molar-refractivity contribution in [1.29, 1.82) is 0 Å². The van der Waals surface area contributed by atoms with Crippen molar-refractivity contribution < 1.29 is 0 Å². The van der Waals surface area contributed by atoms with Crippen molar-refractivity contribution in [2.75, 3.05) is 18.0 Å². The number of halogens is 1. The molecule has 1 heterocycles. The first kappa shape index (κ1) is 14.4. The summed E-state index contributed by atoms with van der Waals surface area (Å²) in [6, 6.07) is 7.64. The molecule has 1 atom stereocenters. The number of nitrogens with one attached hydrogen (secondary N) is 1. The summed E-state index contributed by atoms with van der Waals surface area (Å²) in [5.74, 6) is 0.892. The smallest absolute Gasteiger partial charge is 0.0510 e. The predicted molar refractivity (Wildman–Crippen MR) is 89.2 cm³/mol. The second kappa shape index (κ2) is 6.48. The van der Waals surface area contributed by atoms with Crippen LogP contribution in [0.15, 0.2) is 22.7 Å². The van der Waals surface area contributed by atoms with Crippen molar-refractivity contribution in [2.24, 2.45) is 5.92 Å². The lowest BCUT2D eigenvalue weighted by Gasteiger charge is -2.21. The molecule has 1 N–H and O–H groups in total. The van der Waals surface area contributed by atoms with E-state index in [0.717, 1.165) is 18.5 Å². The van der Waals surface area contributed by atoms with Gasteiger partial charge in [-0.15, -0.1) is 0 Å². The third kappa shape index (κ3) is 3.56. The largest absolute Gasteiger partial charge is 0.370 e. The molecule has 0 amide bonds. The van der Waals surface area contributed by atoms with E-state index in [1.54, 1.807) is 0 Å². The molecule has 3 heteroatoms. The third-order valence-electron chi connectivity index (χ3n) is 4.51. The van der Waals surface area contributed by atoms with Crippen LogP contribution in [0.5, 0.6) is 0 Å². The van der Waals surface area contributed by atoms with E-state index in [0.29, 0.717) is 0 Å². The first-order chi connectivity index (χ1) is 9.76. The Hall–Kier alpha value is -0.540. The molecule has 1 aromatic carbocycles. The average molecular weight is 337 g/mol. The molecular formula is C17H25BrN2. The summed E-state index contributed by atoms with van der Waals surface area (Å²) in [6.45, 7) is 5.73. The van der Waals surface area contributed by atoms with Gasteiger partial charge in [-0.2, -0.15) is 0 Å². The van der Waals surface area contributed by atoms with E-state index < -0.39 is 0 Å². The van der Waals surface area contributed by atoms with Crippen LogP contribution in [0.4, 0.5) is 5.69 Å².